The molecule has 1 aromatic carbocycles. The molecule has 1 aliphatic heterocycles. The van der Waals surface area contributed by atoms with Gasteiger partial charge in [-0.2, -0.15) is 10.2 Å². The van der Waals surface area contributed by atoms with Gasteiger partial charge in [0, 0.05) is 48.6 Å². The standard InChI is InChI=1S/C19H21N5O/c1-13(2)24-11-15(10-20-24)19(25)23-9-8-17-16(12-23)18(22-21-17)14-6-4-3-5-7-14/h3-7,10-11,13H,8-9,12H2,1-2H3,(H,21,22). The van der Waals surface area contributed by atoms with Crippen LogP contribution >= 0.6 is 0 Å². The third-order valence-electron chi connectivity index (χ3n) is 4.65. The minimum absolute atomic E-state index is 0.0257. The Bertz CT molecular complexity index is 894. The number of aromatic amines is 1. The number of amides is 1. The Morgan fingerprint density at radius 2 is 2.04 bits per heavy atom. The smallest absolute Gasteiger partial charge is 0.257 e. The number of nitrogens with zero attached hydrogens (tertiary/aromatic N) is 4. The summed E-state index contributed by atoms with van der Waals surface area (Å²) in [5.74, 6) is 0.0257. The number of carbonyl (C=O) groups excluding carboxylic acids is 1. The molecule has 0 saturated carbocycles. The number of rotatable bonds is 3. The summed E-state index contributed by atoms with van der Waals surface area (Å²) in [6.07, 6.45) is 4.28. The summed E-state index contributed by atoms with van der Waals surface area (Å²) in [7, 11) is 0. The summed E-state index contributed by atoms with van der Waals surface area (Å²) in [5.41, 5.74) is 4.89. The molecule has 1 N–H and O–H groups in total. The molecule has 25 heavy (non-hydrogen) atoms. The van der Waals surface area contributed by atoms with Crippen molar-refractivity contribution in [2.24, 2.45) is 0 Å². The van der Waals surface area contributed by atoms with E-state index in [0.29, 0.717) is 18.7 Å². The first kappa shape index (κ1) is 15.6. The summed E-state index contributed by atoms with van der Waals surface area (Å²) < 4.78 is 1.82. The molecule has 0 aliphatic carbocycles. The highest BCUT2D eigenvalue weighted by Crippen LogP contribution is 2.28. The van der Waals surface area contributed by atoms with Crippen molar-refractivity contribution in [2.45, 2.75) is 32.9 Å². The highest BCUT2D eigenvalue weighted by atomic mass is 16.2. The molecule has 2 aromatic heterocycles. The van der Waals surface area contributed by atoms with Crippen LogP contribution in [-0.4, -0.2) is 37.3 Å². The van der Waals surface area contributed by atoms with E-state index in [9.17, 15) is 4.79 Å². The van der Waals surface area contributed by atoms with E-state index in [0.717, 1.165) is 28.9 Å². The number of carbonyl (C=O) groups is 1. The first-order valence-corrected chi connectivity index (χ1v) is 8.58. The third kappa shape index (κ3) is 2.84. The molecular formula is C19H21N5O. The summed E-state index contributed by atoms with van der Waals surface area (Å²) in [5, 5.41) is 11.9. The second-order valence-corrected chi connectivity index (χ2v) is 6.67. The maximum absolute atomic E-state index is 12.9. The molecule has 3 heterocycles. The number of hydrogen-bond donors (Lipinski definition) is 1. The molecule has 0 fully saturated rings. The zero-order valence-corrected chi connectivity index (χ0v) is 14.4. The van der Waals surface area contributed by atoms with Gasteiger partial charge in [0.05, 0.1) is 17.5 Å². The minimum atomic E-state index is 0.0257. The highest BCUT2D eigenvalue weighted by molar-refractivity contribution is 5.94. The molecule has 1 aliphatic rings. The van der Waals surface area contributed by atoms with Crippen molar-refractivity contribution in [1.82, 2.24) is 24.9 Å². The van der Waals surface area contributed by atoms with Gasteiger partial charge in [-0.15, -0.1) is 0 Å². The van der Waals surface area contributed by atoms with Gasteiger partial charge in [0.15, 0.2) is 0 Å². The lowest BCUT2D eigenvalue weighted by Gasteiger charge is -2.26. The molecule has 0 radical (unpaired) electrons. The fourth-order valence-corrected chi connectivity index (χ4v) is 3.22. The molecule has 0 spiro atoms. The topological polar surface area (TPSA) is 66.8 Å². The fourth-order valence-electron chi connectivity index (χ4n) is 3.22. The second-order valence-electron chi connectivity index (χ2n) is 6.67. The Morgan fingerprint density at radius 1 is 1.24 bits per heavy atom. The van der Waals surface area contributed by atoms with Crippen LogP contribution in [0, 0.1) is 0 Å². The third-order valence-corrected chi connectivity index (χ3v) is 4.65. The maximum Gasteiger partial charge on any atom is 0.257 e. The molecule has 1 amide bonds. The average molecular weight is 335 g/mol. The van der Waals surface area contributed by atoms with Gasteiger partial charge in [-0.1, -0.05) is 30.3 Å². The number of nitrogens with one attached hydrogen (secondary N) is 1. The molecule has 3 aromatic rings. The lowest BCUT2D eigenvalue weighted by molar-refractivity contribution is 0.0734. The van der Waals surface area contributed by atoms with E-state index in [2.05, 4.69) is 15.3 Å². The molecule has 6 heteroatoms. The molecule has 0 unspecified atom stereocenters. The molecule has 6 nitrogen and oxygen atoms in total. The van der Waals surface area contributed by atoms with Gasteiger partial charge in [-0.25, -0.2) is 0 Å². The first-order chi connectivity index (χ1) is 12.1. The van der Waals surface area contributed by atoms with Crippen LogP contribution in [0.2, 0.25) is 0 Å². The quantitative estimate of drug-likeness (QED) is 0.800. The molecule has 128 valence electrons. The van der Waals surface area contributed by atoms with E-state index in [4.69, 9.17) is 0 Å². The molecule has 0 saturated heterocycles. The van der Waals surface area contributed by atoms with Crippen LogP contribution in [0.25, 0.3) is 11.3 Å². The summed E-state index contributed by atoms with van der Waals surface area (Å²) in [6.45, 7) is 5.36. The number of fused-ring (bicyclic) bond motifs is 1. The van der Waals surface area contributed by atoms with Crippen LogP contribution < -0.4 is 0 Å². The maximum atomic E-state index is 12.9. The van der Waals surface area contributed by atoms with E-state index < -0.39 is 0 Å². The Morgan fingerprint density at radius 3 is 2.76 bits per heavy atom. The van der Waals surface area contributed by atoms with E-state index in [1.807, 2.05) is 60.0 Å². The van der Waals surface area contributed by atoms with Crippen LogP contribution in [0.15, 0.2) is 42.7 Å². The molecule has 0 bridgehead atoms. The van der Waals surface area contributed by atoms with Crippen molar-refractivity contribution in [1.29, 1.82) is 0 Å². The van der Waals surface area contributed by atoms with Crippen molar-refractivity contribution in [2.75, 3.05) is 6.54 Å². The van der Waals surface area contributed by atoms with Crippen molar-refractivity contribution < 1.29 is 4.79 Å². The Balaban J connectivity index is 1.60. The van der Waals surface area contributed by atoms with Gasteiger partial charge >= 0.3 is 0 Å². The Labute approximate surface area is 146 Å². The zero-order valence-electron chi connectivity index (χ0n) is 14.4. The monoisotopic (exact) mass is 335 g/mol. The summed E-state index contributed by atoms with van der Waals surface area (Å²) in [6, 6.07) is 10.3. The predicted molar refractivity (Wildman–Crippen MR) is 95.1 cm³/mol. The van der Waals surface area contributed by atoms with E-state index >= 15 is 0 Å². The Hall–Kier alpha value is -2.89. The minimum Gasteiger partial charge on any atom is -0.334 e. The zero-order chi connectivity index (χ0) is 17.4. The molecule has 4 rings (SSSR count). The van der Waals surface area contributed by atoms with Gasteiger partial charge in [0.25, 0.3) is 5.91 Å². The van der Waals surface area contributed by atoms with E-state index in [-0.39, 0.29) is 11.9 Å². The van der Waals surface area contributed by atoms with Gasteiger partial charge in [0.2, 0.25) is 0 Å². The van der Waals surface area contributed by atoms with Gasteiger partial charge in [0.1, 0.15) is 0 Å². The second kappa shape index (κ2) is 6.20. The van der Waals surface area contributed by atoms with Crippen molar-refractivity contribution in [3.8, 4) is 11.3 Å². The normalized spacial score (nSPS) is 14.0. The van der Waals surface area contributed by atoms with Crippen molar-refractivity contribution in [3.63, 3.8) is 0 Å². The summed E-state index contributed by atoms with van der Waals surface area (Å²) in [4.78, 5) is 14.7. The molecule has 0 atom stereocenters. The highest BCUT2D eigenvalue weighted by Gasteiger charge is 2.27. The van der Waals surface area contributed by atoms with Crippen LogP contribution in [0.5, 0.6) is 0 Å². The summed E-state index contributed by atoms with van der Waals surface area (Å²) >= 11 is 0. The van der Waals surface area contributed by atoms with E-state index in [1.165, 1.54) is 0 Å². The van der Waals surface area contributed by atoms with E-state index in [1.54, 1.807) is 6.20 Å². The fraction of sp³-hybridized carbons (Fsp3) is 0.316. The van der Waals surface area contributed by atoms with Crippen LogP contribution in [-0.2, 0) is 13.0 Å². The largest absolute Gasteiger partial charge is 0.334 e. The lowest BCUT2D eigenvalue weighted by atomic mass is 10.0. The predicted octanol–water partition coefficient (Wildman–Crippen LogP) is 3.05. The van der Waals surface area contributed by atoms with Crippen LogP contribution in [0.3, 0.4) is 0 Å². The Kier molecular flexibility index (Phi) is 3.87. The number of aromatic nitrogens is 4. The number of H-pyrrole nitrogens is 1. The van der Waals surface area contributed by atoms with Gasteiger partial charge in [-0.3, -0.25) is 14.6 Å². The van der Waals surface area contributed by atoms with Gasteiger partial charge in [-0.05, 0) is 13.8 Å². The van der Waals surface area contributed by atoms with Crippen molar-refractivity contribution >= 4 is 5.91 Å². The molecular weight excluding hydrogens is 314 g/mol. The number of benzene rings is 1. The first-order valence-electron chi connectivity index (χ1n) is 8.58. The van der Waals surface area contributed by atoms with Crippen molar-refractivity contribution in [3.05, 3.63) is 59.5 Å². The SMILES string of the molecule is CC(C)n1cc(C(=O)N2CCc3[nH]nc(-c4ccccc4)c3C2)cn1. The average Bonchev–Trinajstić information content (AvgIpc) is 3.28. The number of hydrogen-bond acceptors (Lipinski definition) is 3. The van der Waals surface area contributed by atoms with Gasteiger partial charge < -0.3 is 4.90 Å². The lowest BCUT2D eigenvalue weighted by Crippen LogP contribution is -2.35. The van der Waals surface area contributed by atoms with Crippen LogP contribution in [0.1, 0.15) is 41.5 Å². The van der Waals surface area contributed by atoms with Crippen LogP contribution in [0.4, 0.5) is 0 Å².